The van der Waals surface area contributed by atoms with Gasteiger partial charge in [-0.3, -0.25) is 0 Å². The Morgan fingerprint density at radius 2 is 2.13 bits per heavy atom. The van der Waals surface area contributed by atoms with Gasteiger partial charge in [-0.05, 0) is 38.0 Å². The molecule has 0 spiro atoms. The zero-order chi connectivity index (χ0) is 10.8. The van der Waals surface area contributed by atoms with Crippen molar-refractivity contribution in [2.24, 2.45) is 0 Å². The fourth-order valence-electron chi connectivity index (χ4n) is 2.24. The lowest BCUT2D eigenvalue weighted by Gasteiger charge is -2.05. The molecule has 15 heavy (non-hydrogen) atoms. The van der Waals surface area contributed by atoms with Gasteiger partial charge in [0.2, 0.25) is 0 Å². The third-order valence-corrected chi connectivity index (χ3v) is 2.94. The average molecular weight is 203 g/mol. The topological polar surface area (TPSA) is 25.2 Å². The normalized spacial score (nSPS) is 11.1. The van der Waals surface area contributed by atoms with E-state index in [0.29, 0.717) is 0 Å². The minimum atomic E-state index is 0.218. The lowest BCUT2D eigenvalue weighted by molar-refractivity contribution is 0.300. The number of hydrogen-bond acceptors (Lipinski definition) is 1. The van der Waals surface area contributed by atoms with Gasteiger partial charge in [0.05, 0.1) is 0 Å². The molecule has 0 fully saturated rings. The highest BCUT2D eigenvalue weighted by Crippen LogP contribution is 2.23. The molecule has 2 nitrogen and oxygen atoms in total. The van der Waals surface area contributed by atoms with Crippen LogP contribution in [-0.4, -0.2) is 16.3 Å². The van der Waals surface area contributed by atoms with E-state index in [1.807, 2.05) is 0 Å². The van der Waals surface area contributed by atoms with Crippen LogP contribution in [-0.2, 0) is 13.0 Å². The molecule has 0 saturated carbocycles. The van der Waals surface area contributed by atoms with Gasteiger partial charge in [0, 0.05) is 29.7 Å². The molecule has 0 aliphatic carbocycles. The van der Waals surface area contributed by atoms with Crippen LogP contribution in [0.25, 0.3) is 10.9 Å². The molecule has 1 aromatic heterocycles. The van der Waals surface area contributed by atoms with Gasteiger partial charge < -0.3 is 9.67 Å². The number of nitrogens with zero attached hydrogens (tertiary/aromatic N) is 1. The molecule has 2 heteroatoms. The molecule has 0 aliphatic rings. The Morgan fingerprint density at radius 1 is 1.33 bits per heavy atom. The summed E-state index contributed by atoms with van der Waals surface area (Å²) in [6.07, 6.45) is 0.741. The zero-order valence-corrected chi connectivity index (χ0v) is 9.33. The second-order valence-corrected chi connectivity index (χ2v) is 3.85. The van der Waals surface area contributed by atoms with Gasteiger partial charge in [-0.2, -0.15) is 0 Å². The molecular weight excluding hydrogens is 186 g/mol. The van der Waals surface area contributed by atoms with Crippen LogP contribution < -0.4 is 0 Å². The lowest BCUT2D eigenvalue weighted by Crippen LogP contribution is -1.96. The third-order valence-electron chi connectivity index (χ3n) is 2.94. The van der Waals surface area contributed by atoms with E-state index in [1.54, 1.807) is 0 Å². The van der Waals surface area contributed by atoms with E-state index in [0.717, 1.165) is 13.0 Å². The van der Waals surface area contributed by atoms with Crippen LogP contribution in [0.1, 0.15) is 18.2 Å². The van der Waals surface area contributed by atoms with Crippen LogP contribution in [0, 0.1) is 6.92 Å². The van der Waals surface area contributed by atoms with Crippen molar-refractivity contribution in [2.45, 2.75) is 26.8 Å². The van der Waals surface area contributed by atoms with E-state index >= 15 is 0 Å². The quantitative estimate of drug-likeness (QED) is 0.814. The molecule has 0 atom stereocenters. The van der Waals surface area contributed by atoms with Gasteiger partial charge in [-0.15, -0.1) is 0 Å². The molecular formula is C13H17NO. The van der Waals surface area contributed by atoms with E-state index in [-0.39, 0.29) is 6.61 Å². The summed E-state index contributed by atoms with van der Waals surface area (Å²) in [7, 11) is 0. The van der Waals surface area contributed by atoms with Crippen molar-refractivity contribution in [1.82, 2.24) is 4.57 Å². The van der Waals surface area contributed by atoms with E-state index in [2.05, 4.69) is 42.7 Å². The van der Waals surface area contributed by atoms with Crippen LogP contribution in [0.2, 0.25) is 0 Å². The largest absolute Gasteiger partial charge is 0.396 e. The first-order valence-corrected chi connectivity index (χ1v) is 5.46. The van der Waals surface area contributed by atoms with E-state index in [4.69, 9.17) is 5.11 Å². The van der Waals surface area contributed by atoms with Gasteiger partial charge in [0.15, 0.2) is 0 Å². The summed E-state index contributed by atoms with van der Waals surface area (Å²) in [5, 5.41) is 10.3. The molecule has 0 aliphatic heterocycles. The minimum Gasteiger partial charge on any atom is -0.396 e. The predicted octanol–water partition coefficient (Wildman–Crippen LogP) is 2.50. The number of hydrogen-bond donors (Lipinski definition) is 1. The molecule has 80 valence electrons. The van der Waals surface area contributed by atoms with Gasteiger partial charge in [-0.1, -0.05) is 12.1 Å². The van der Waals surface area contributed by atoms with Crippen molar-refractivity contribution < 1.29 is 5.11 Å². The van der Waals surface area contributed by atoms with E-state index in [1.165, 1.54) is 22.2 Å². The summed E-state index contributed by atoms with van der Waals surface area (Å²) in [4.78, 5) is 0. The summed E-state index contributed by atoms with van der Waals surface area (Å²) in [6, 6.07) is 8.52. The molecule has 0 radical (unpaired) electrons. The SMILES string of the molecule is CCn1c(C)cc2c(CCO)cccc21. The number of aliphatic hydroxyl groups excluding tert-OH is 1. The summed E-state index contributed by atoms with van der Waals surface area (Å²) in [6.45, 7) is 5.50. The Morgan fingerprint density at radius 3 is 2.80 bits per heavy atom. The van der Waals surface area contributed by atoms with Crippen LogP contribution in [0.15, 0.2) is 24.3 Å². The van der Waals surface area contributed by atoms with Crippen LogP contribution in [0.3, 0.4) is 0 Å². The monoisotopic (exact) mass is 203 g/mol. The summed E-state index contributed by atoms with van der Waals surface area (Å²) in [5.74, 6) is 0. The van der Waals surface area contributed by atoms with Gasteiger partial charge in [0.1, 0.15) is 0 Å². The molecule has 2 aromatic rings. The van der Waals surface area contributed by atoms with Crippen molar-refractivity contribution in [3.05, 3.63) is 35.5 Å². The van der Waals surface area contributed by atoms with Crippen molar-refractivity contribution >= 4 is 10.9 Å². The Kier molecular flexibility index (Phi) is 2.78. The minimum absolute atomic E-state index is 0.218. The summed E-state index contributed by atoms with van der Waals surface area (Å²) >= 11 is 0. The maximum Gasteiger partial charge on any atom is 0.0485 e. The second-order valence-electron chi connectivity index (χ2n) is 3.85. The van der Waals surface area contributed by atoms with Crippen LogP contribution in [0.4, 0.5) is 0 Å². The van der Waals surface area contributed by atoms with Crippen LogP contribution in [0.5, 0.6) is 0 Å². The van der Waals surface area contributed by atoms with Crippen LogP contribution >= 0.6 is 0 Å². The maximum absolute atomic E-state index is 9.01. The van der Waals surface area contributed by atoms with E-state index < -0.39 is 0 Å². The standard InChI is InChI=1S/C13H17NO/c1-3-14-10(2)9-12-11(7-8-15)5-4-6-13(12)14/h4-6,9,15H,3,7-8H2,1-2H3. The van der Waals surface area contributed by atoms with Crippen molar-refractivity contribution in [2.75, 3.05) is 6.61 Å². The number of rotatable bonds is 3. The molecule has 1 aromatic carbocycles. The molecule has 1 N–H and O–H groups in total. The smallest absolute Gasteiger partial charge is 0.0485 e. The fourth-order valence-corrected chi connectivity index (χ4v) is 2.24. The highest BCUT2D eigenvalue weighted by atomic mass is 16.2. The molecule has 0 amide bonds. The van der Waals surface area contributed by atoms with Crippen molar-refractivity contribution in [3.63, 3.8) is 0 Å². The number of benzene rings is 1. The van der Waals surface area contributed by atoms with Gasteiger partial charge in [-0.25, -0.2) is 0 Å². The first-order valence-electron chi connectivity index (χ1n) is 5.46. The molecule has 0 bridgehead atoms. The first kappa shape index (κ1) is 10.2. The Hall–Kier alpha value is -1.28. The highest BCUT2D eigenvalue weighted by molar-refractivity contribution is 5.84. The maximum atomic E-state index is 9.01. The summed E-state index contributed by atoms with van der Waals surface area (Å²) in [5.41, 5.74) is 3.81. The van der Waals surface area contributed by atoms with Gasteiger partial charge in [0.25, 0.3) is 0 Å². The lowest BCUT2D eigenvalue weighted by atomic mass is 10.1. The first-order chi connectivity index (χ1) is 7.27. The molecule has 0 saturated heterocycles. The summed E-state index contributed by atoms with van der Waals surface area (Å²) < 4.78 is 2.30. The zero-order valence-electron chi connectivity index (χ0n) is 9.33. The second kappa shape index (κ2) is 4.07. The molecule has 2 rings (SSSR count). The molecule has 0 unspecified atom stereocenters. The Labute approximate surface area is 90.2 Å². The molecule has 1 heterocycles. The fraction of sp³-hybridized carbons (Fsp3) is 0.385. The number of fused-ring (bicyclic) bond motifs is 1. The number of aliphatic hydroxyl groups is 1. The third kappa shape index (κ3) is 1.65. The van der Waals surface area contributed by atoms with Crippen molar-refractivity contribution in [3.8, 4) is 0 Å². The van der Waals surface area contributed by atoms with Gasteiger partial charge >= 0.3 is 0 Å². The predicted molar refractivity (Wildman–Crippen MR) is 63.1 cm³/mol. The highest BCUT2D eigenvalue weighted by Gasteiger charge is 2.06. The number of aryl methyl sites for hydroxylation is 2. The Balaban J connectivity index is 2.66. The average Bonchev–Trinajstić information content (AvgIpc) is 2.55. The van der Waals surface area contributed by atoms with Crippen molar-refractivity contribution in [1.29, 1.82) is 0 Å². The van der Waals surface area contributed by atoms with E-state index in [9.17, 15) is 0 Å². The Bertz CT molecular complexity index is 471. The number of aromatic nitrogens is 1.